The van der Waals surface area contributed by atoms with Crippen molar-refractivity contribution in [3.8, 4) is 0 Å². The van der Waals surface area contributed by atoms with E-state index in [2.05, 4.69) is 0 Å². The van der Waals surface area contributed by atoms with E-state index in [0.29, 0.717) is 22.4 Å². The lowest BCUT2D eigenvalue weighted by Gasteiger charge is -1.98. The molecule has 78 valence electrons. The minimum Gasteiger partial charge on any atom is -0.298 e. The summed E-state index contributed by atoms with van der Waals surface area (Å²) in [6, 6.07) is 4.08. The zero-order chi connectivity index (χ0) is 11.4. The summed E-state index contributed by atoms with van der Waals surface area (Å²) in [6.07, 6.45) is 2.16. The zero-order valence-corrected chi connectivity index (χ0v) is 8.69. The standard InChI is InChI=1S/C10H8ClNO3/c1-7(6-13)4-8-5-9(12(14)15)2-3-10(8)11/h2-6H,1H3. The SMILES string of the molecule is CC(C=O)=Cc1cc([N+](=O)[O-])ccc1Cl. The van der Waals surface area contributed by atoms with Crippen molar-refractivity contribution >= 4 is 29.7 Å². The third-order valence-electron chi connectivity index (χ3n) is 1.76. The molecule has 0 amide bonds. The molecule has 0 radical (unpaired) electrons. The summed E-state index contributed by atoms with van der Waals surface area (Å²) in [5, 5.41) is 10.9. The van der Waals surface area contributed by atoms with Gasteiger partial charge in [-0.2, -0.15) is 0 Å². The number of carbonyl (C=O) groups excluding carboxylic acids is 1. The summed E-state index contributed by atoms with van der Waals surface area (Å²) < 4.78 is 0. The fraction of sp³-hybridized carbons (Fsp3) is 0.100. The van der Waals surface area contributed by atoms with Gasteiger partial charge in [-0.25, -0.2) is 0 Å². The van der Waals surface area contributed by atoms with Crippen LogP contribution in [0.5, 0.6) is 0 Å². The second-order valence-corrected chi connectivity index (χ2v) is 3.38. The number of benzene rings is 1. The van der Waals surface area contributed by atoms with E-state index in [1.807, 2.05) is 0 Å². The highest BCUT2D eigenvalue weighted by Gasteiger charge is 2.07. The Morgan fingerprint density at radius 1 is 1.53 bits per heavy atom. The summed E-state index contributed by atoms with van der Waals surface area (Å²) in [7, 11) is 0. The van der Waals surface area contributed by atoms with Crippen LogP contribution in [-0.4, -0.2) is 11.2 Å². The maximum Gasteiger partial charge on any atom is 0.270 e. The van der Waals surface area contributed by atoms with E-state index in [1.54, 1.807) is 6.92 Å². The molecule has 1 aromatic carbocycles. The number of non-ortho nitro benzene ring substituents is 1. The molecule has 0 saturated heterocycles. The van der Waals surface area contributed by atoms with Crippen molar-refractivity contribution in [2.24, 2.45) is 0 Å². The third-order valence-corrected chi connectivity index (χ3v) is 2.10. The zero-order valence-electron chi connectivity index (χ0n) is 7.94. The molecule has 5 heteroatoms. The quantitative estimate of drug-likeness (QED) is 0.344. The molecule has 0 unspecified atom stereocenters. The van der Waals surface area contributed by atoms with Gasteiger partial charge in [0.1, 0.15) is 6.29 Å². The highest BCUT2D eigenvalue weighted by Crippen LogP contribution is 2.23. The van der Waals surface area contributed by atoms with Crippen molar-refractivity contribution in [2.45, 2.75) is 6.92 Å². The van der Waals surface area contributed by atoms with E-state index < -0.39 is 4.92 Å². The van der Waals surface area contributed by atoms with Crippen LogP contribution in [-0.2, 0) is 4.79 Å². The average molecular weight is 226 g/mol. The predicted octanol–water partition coefficient (Wildman–Crippen LogP) is 2.85. The Morgan fingerprint density at radius 3 is 2.73 bits per heavy atom. The molecule has 0 N–H and O–H groups in total. The molecule has 0 fully saturated rings. The number of halogens is 1. The fourth-order valence-electron chi connectivity index (χ4n) is 1.03. The van der Waals surface area contributed by atoms with Gasteiger partial charge in [-0.05, 0) is 24.6 Å². The molecule has 1 rings (SSSR count). The monoisotopic (exact) mass is 225 g/mol. The maximum absolute atomic E-state index is 10.5. The number of nitro benzene ring substituents is 1. The Labute approximate surface area is 91.3 Å². The van der Waals surface area contributed by atoms with Gasteiger partial charge in [0, 0.05) is 22.7 Å². The van der Waals surface area contributed by atoms with E-state index in [0.717, 1.165) is 0 Å². The van der Waals surface area contributed by atoms with Crippen LogP contribution in [0.4, 0.5) is 5.69 Å². The van der Waals surface area contributed by atoms with Gasteiger partial charge >= 0.3 is 0 Å². The Hall–Kier alpha value is -1.68. The average Bonchev–Trinajstić information content (AvgIpc) is 2.20. The smallest absolute Gasteiger partial charge is 0.270 e. The molecule has 0 spiro atoms. The van der Waals surface area contributed by atoms with E-state index in [1.165, 1.54) is 24.3 Å². The highest BCUT2D eigenvalue weighted by molar-refractivity contribution is 6.32. The molecule has 0 bridgehead atoms. The lowest BCUT2D eigenvalue weighted by atomic mass is 10.1. The number of allylic oxidation sites excluding steroid dienone is 1. The van der Waals surface area contributed by atoms with Crippen molar-refractivity contribution in [1.29, 1.82) is 0 Å². The molecule has 0 heterocycles. The van der Waals surface area contributed by atoms with E-state index in [-0.39, 0.29) is 5.69 Å². The Morgan fingerprint density at radius 2 is 2.20 bits per heavy atom. The number of aldehydes is 1. The topological polar surface area (TPSA) is 60.2 Å². The number of hydrogen-bond acceptors (Lipinski definition) is 3. The Kier molecular flexibility index (Phi) is 3.57. The van der Waals surface area contributed by atoms with Gasteiger partial charge in [0.05, 0.1) is 4.92 Å². The number of rotatable bonds is 3. The van der Waals surface area contributed by atoms with Crippen molar-refractivity contribution in [3.63, 3.8) is 0 Å². The Balaban J connectivity index is 3.22. The van der Waals surface area contributed by atoms with Gasteiger partial charge in [-0.1, -0.05) is 11.6 Å². The molecule has 0 aliphatic heterocycles. The first-order valence-electron chi connectivity index (χ1n) is 4.12. The molecular formula is C10H8ClNO3. The minimum absolute atomic E-state index is 0.0515. The van der Waals surface area contributed by atoms with Crippen LogP contribution >= 0.6 is 11.6 Å². The lowest BCUT2D eigenvalue weighted by Crippen LogP contribution is -1.89. The second-order valence-electron chi connectivity index (χ2n) is 2.97. The second kappa shape index (κ2) is 4.70. The van der Waals surface area contributed by atoms with Gasteiger partial charge in [0.25, 0.3) is 5.69 Å². The first kappa shape index (κ1) is 11.4. The van der Waals surface area contributed by atoms with Crippen LogP contribution in [0.15, 0.2) is 23.8 Å². The lowest BCUT2D eigenvalue weighted by molar-refractivity contribution is -0.384. The highest BCUT2D eigenvalue weighted by atomic mass is 35.5. The summed E-state index contributed by atoms with van der Waals surface area (Å²) in [5.74, 6) is 0. The van der Waals surface area contributed by atoms with E-state index >= 15 is 0 Å². The van der Waals surface area contributed by atoms with Crippen LogP contribution in [0.1, 0.15) is 12.5 Å². The van der Waals surface area contributed by atoms with Crippen LogP contribution < -0.4 is 0 Å². The van der Waals surface area contributed by atoms with E-state index in [9.17, 15) is 14.9 Å². The number of hydrogen-bond donors (Lipinski definition) is 0. The van der Waals surface area contributed by atoms with Gasteiger partial charge in [0.2, 0.25) is 0 Å². The fourth-order valence-corrected chi connectivity index (χ4v) is 1.21. The van der Waals surface area contributed by atoms with Crippen molar-refractivity contribution < 1.29 is 9.72 Å². The molecular weight excluding hydrogens is 218 g/mol. The maximum atomic E-state index is 10.5. The van der Waals surface area contributed by atoms with E-state index in [4.69, 9.17) is 11.6 Å². The summed E-state index contributed by atoms with van der Waals surface area (Å²) >= 11 is 5.82. The molecule has 0 aliphatic carbocycles. The van der Waals surface area contributed by atoms with Crippen LogP contribution in [0.25, 0.3) is 6.08 Å². The van der Waals surface area contributed by atoms with Crippen molar-refractivity contribution in [2.75, 3.05) is 0 Å². The molecule has 0 aromatic heterocycles. The molecule has 0 atom stereocenters. The Bertz CT molecular complexity index is 440. The summed E-state index contributed by atoms with van der Waals surface area (Å²) in [6.45, 7) is 1.60. The van der Waals surface area contributed by atoms with Crippen LogP contribution in [0, 0.1) is 10.1 Å². The first-order chi connectivity index (χ1) is 7.04. The molecule has 0 aliphatic rings. The molecule has 1 aromatic rings. The van der Waals surface area contributed by atoms with Gasteiger partial charge in [-0.15, -0.1) is 0 Å². The first-order valence-corrected chi connectivity index (χ1v) is 4.50. The summed E-state index contributed by atoms with van der Waals surface area (Å²) in [4.78, 5) is 20.4. The number of carbonyl (C=O) groups is 1. The van der Waals surface area contributed by atoms with Crippen LogP contribution in [0.2, 0.25) is 5.02 Å². The van der Waals surface area contributed by atoms with Gasteiger partial charge in [-0.3, -0.25) is 14.9 Å². The normalized spacial score (nSPS) is 11.2. The van der Waals surface area contributed by atoms with Crippen LogP contribution in [0.3, 0.4) is 0 Å². The molecule has 0 saturated carbocycles. The third kappa shape index (κ3) is 2.89. The predicted molar refractivity (Wildman–Crippen MR) is 57.8 cm³/mol. The molecule has 15 heavy (non-hydrogen) atoms. The van der Waals surface area contributed by atoms with Gasteiger partial charge in [0.15, 0.2) is 0 Å². The largest absolute Gasteiger partial charge is 0.298 e. The number of nitro groups is 1. The van der Waals surface area contributed by atoms with Crippen molar-refractivity contribution in [3.05, 3.63) is 44.5 Å². The van der Waals surface area contributed by atoms with Crippen molar-refractivity contribution in [1.82, 2.24) is 0 Å². The number of nitrogens with zero attached hydrogens (tertiary/aromatic N) is 1. The summed E-state index contributed by atoms with van der Waals surface area (Å²) in [5.41, 5.74) is 0.872. The molecule has 4 nitrogen and oxygen atoms in total. The van der Waals surface area contributed by atoms with Gasteiger partial charge < -0.3 is 0 Å². The minimum atomic E-state index is -0.510.